The third kappa shape index (κ3) is 3.73. The summed E-state index contributed by atoms with van der Waals surface area (Å²) < 4.78 is 32.6. The largest absolute Gasteiger partial charge is 0.461 e. The molecule has 1 amide bonds. The van der Waals surface area contributed by atoms with E-state index in [2.05, 4.69) is 20.5 Å². The minimum Gasteiger partial charge on any atom is -0.461 e. The van der Waals surface area contributed by atoms with E-state index in [1.807, 2.05) is 6.92 Å². The Bertz CT molecular complexity index is 1070. The van der Waals surface area contributed by atoms with Gasteiger partial charge in [0.2, 0.25) is 11.9 Å². The van der Waals surface area contributed by atoms with Gasteiger partial charge in [-0.2, -0.15) is 9.29 Å². The highest BCUT2D eigenvalue weighted by molar-refractivity contribution is 7.91. The molecule has 1 fully saturated rings. The van der Waals surface area contributed by atoms with Crippen LogP contribution in [0.5, 0.6) is 0 Å². The third-order valence-electron chi connectivity index (χ3n) is 4.54. The van der Waals surface area contributed by atoms with Crippen LogP contribution in [0.3, 0.4) is 0 Å². The number of sulfonamides is 1. The van der Waals surface area contributed by atoms with E-state index < -0.39 is 15.9 Å². The lowest BCUT2D eigenvalue weighted by molar-refractivity contribution is -0.120. The predicted molar refractivity (Wildman–Crippen MR) is 103 cm³/mol. The smallest absolute Gasteiger partial charge is 0.252 e. The quantitative estimate of drug-likeness (QED) is 0.653. The number of carbonyl (C=O) groups excluding carboxylic acids is 1. The first-order valence-corrected chi connectivity index (χ1v) is 11.0. The van der Waals surface area contributed by atoms with E-state index in [4.69, 9.17) is 4.42 Å². The zero-order chi connectivity index (χ0) is 19.7. The number of nitrogens with zero attached hydrogens (tertiary/aromatic N) is 3. The summed E-state index contributed by atoms with van der Waals surface area (Å²) >= 11 is 1.24. The maximum absolute atomic E-state index is 12.8. The molecular weight excluding hydrogens is 402 g/mol. The number of aromatic amines is 1. The number of piperidine rings is 1. The molecule has 1 aliphatic heterocycles. The topological polar surface area (TPSA) is 121 Å². The number of amides is 1. The maximum Gasteiger partial charge on any atom is 0.252 e. The molecule has 3 aromatic heterocycles. The van der Waals surface area contributed by atoms with Crippen LogP contribution in [0.4, 0.5) is 5.95 Å². The molecule has 1 atom stereocenters. The number of aryl methyl sites for hydroxylation is 1. The van der Waals surface area contributed by atoms with Gasteiger partial charge in [0.1, 0.15) is 4.21 Å². The summed E-state index contributed by atoms with van der Waals surface area (Å²) in [5.74, 6) is 0.281. The minimum atomic E-state index is -3.58. The Hall–Kier alpha value is -2.50. The van der Waals surface area contributed by atoms with Crippen LogP contribution in [0, 0.1) is 12.8 Å². The summed E-state index contributed by atoms with van der Waals surface area (Å²) in [6.07, 6.45) is 2.74. The fraction of sp³-hybridized carbons (Fsp3) is 0.353. The van der Waals surface area contributed by atoms with Crippen molar-refractivity contribution in [2.75, 3.05) is 18.4 Å². The Morgan fingerprint density at radius 3 is 2.96 bits per heavy atom. The van der Waals surface area contributed by atoms with Gasteiger partial charge in [-0.3, -0.25) is 15.2 Å². The van der Waals surface area contributed by atoms with Crippen molar-refractivity contribution in [2.24, 2.45) is 5.92 Å². The number of hydrogen-bond acceptors (Lipinski definition) is 7. The Labute approximate surface area is 165 Å². The number of hydrogen-bond donors (Lipinski definition) is 2. The van der Waals surface area contributed by atoms with Gasteiger partial charge in [0.25, 0.3) is 10.0 Å². The van der Waals surface area contributed by atoms with E-state index in [0.717, 1.165) is 4.88 Å². The molecule has 0 bridgehead atoms. The molecule has 0 radical (unpaired) electrons. The van der Waals surface area contributed by atoms with Crippen LogP contribution >= 0.6 is 11.3 Å². The molecule has 0 aliphatic carbocycles. The number of furan rings is 1. The molecule has 28 heavy (non-hydrogen) atoms. The highest BCUT2D eigenvalue weighted by Gasteiger charge is 2.34. The molecule has 1 unspecified atom stereocenters. The molecule has 9 nitrogen and oxygen atoms in total. The van der Waals surface area contributed by atoms with Crippen LogP contribution < -0.4 is 5.32 Å². The van der Waals surface area contributed by atoms with E-state index in [0.29, 0.717) is 35.2 Å². The molecule has 4 rings (SSSR count). The van der Waals surface area contributed by atoms with Crippen LogP contribution in [-0.2, 0) is 14.8 Å². The summed E-state index contributed by atoms with van der Waals surface area (Å²) in [6.45, 7) is 2.41. The van der Waals surface area contributed by atoms with Gasteiger partial charge >= 0.3 is 0 Å². The van der Waals surface area contributed by atoms with Gasteiger partial charge in [-0.25, -0.2) is 8.42 Å². The lowest BCUT2D eigenvalue weighted by atomic mass is 9.99. The van der Waals surface area contributed by atoms with Crippen molar-refractivity contribution in [3.05, 3.63) is 35.4 Å². The zero-order valence-corrected chi connectivity index (χ0v) is 16.7. The molecule has 4 heterocycles. The molecule has 0 spiro atoms. The predicted octanol–water partition coefficient (Wildman–Crippen LogP) is 2.47. The molecule has 11 heteroatoms. The van der Waals surface area contributed by atoms with Crippen LogP contribution in [0.25, 0.3) is 11.6 Å². The van der Waals surface area contributed by atoms with Gasteiger partial charge in [-0.05, 0) is 44.0 Å². The van der Waals surface area contributed by atoms with E-state index in [-0.39, 0.29) is 18.4 Å². The number of anilines is 1. The molecule has 3 aromatic rings. The van der Waals surface area contributed by atoms with Crippen molar-refractivity contribution in [3.8, 4) is 11.6 Å². The monoisotopic (exact) mass is 421 g/mol. The number of H-pyrrole nitrogens is 1. The first-order valence-electron chi connectivity index (χ1n) is 8.77. The minimum absolute atomic E-state index is 0.130. The zero-order valence-electron chi connectivity index (χ0n) is 15.1. The fourth-order valence-electron chi connectivity index (χ4n) is 3.11. The van der Waals surface area contributed by atoms with E-state index in [9.17, 15) is 13.2 Å². The van der Waals surface area contributed by atoms with Crippen molar-refractivity contribution in [1.82, 2.24) is 19.5 Å². The fourth-order valence-corrected chi connectivity index (χ4v) is 6.07. The van der Waals surface area contributed by atoms with Crippen LogP contribution in [-0.4, -0.2) is 46.9 Å². The number of aromatic nitrogens is 3. The van der Waals surface area contributed by atoms with E-state index >= 15 is 0 Å². The average Bonchev–Trinajstić information content (AvgIpc) is 3.43. The van der Waals surface area contributed by atoms with E-state index in [1.54, 1.807) is 24.3 Å². The third-order valence-corrected chi connectivity index (χ3v) is 7.87. The van der Waals surface area contributed by atoms with Gasteiger partial charge in [-0.15, -0.1) is 16.4 Å². The summed E-state index contributed by atoms with van der Waals surface area (Å²) in [6, 6.07) is 6.85. The maximum atomic E-state index is 12.8. The lowest BCUT2D eigenvalue weighted by Gasteiger charge is -2.30. The highest BCUT2D eigenvalue weighted by atomic mass is 32.2. The van der Waals surface area contributed by atoms with Crippen LogP contribution in [0.15, 0.2) is 39.2 Å². The number of carbonyl (C=O) groups is 1. The second-order valence-corrected chi connectivity index (χ2v) is 9.99. The van der Waals surface area contributed by atoms with Crippen molar-refractivity contribution in [1.29, 1.82) is 0 Å². The molecule has 2 N–H and O–H groups in total. The van der Waals surface area contributed by atoms with Gasteiger partial charge in [0, 0.05) is 18.0 Å². The molecule has 1 aliphatic rings. The Morgan fingerprint density at radius 1 is 1.39 bits per heavy atom. The second-order valence-electron chi connectivity index (χ2n) is 6.54. The van der Waals surface area contributed by atoms with Gasteiger partial charge < -0.3 is 4.42 Å². The Balaban J connectivity index is 1.44. The molecule has 0 saturated carbocycles. The number of rotatable bonds is 5. The van der Waals surface area contributed by atoms with Crippen molar-refractivity contribution < 1.29 is 17.6 Å². The highest BCUT2D eigenvalue weighted by Crippen LogP contribution is 2.28. The molecular formula is C17H19N5O4S2. The Kier molecular flexibility index (Phi) is 5.04. The average molecular weight is 422 g/mol. The number of thiophene rings is 1. The first-order chi connectivity index (χ1) is 13.4. The summed E-state index contributed by atoms with van der Waals surface area (Å²) in [5.41, 5.74) is 0. The number of nitrogens with one attached hydrogen (secondary N) is 2. The standard InChI is InChI=1S/C17H19N5O4S2/c1-11-6-7-14(27-11)28(24,25)22-8-2-4-12(10-22)16(23)19-17-18-15(20-21-17)13-5-3-9-26-13/h3,5-7,9,12H,2,4,8,10H2,1H3,(H2,18,19,20,21,23). The van der Waals surface area contributed by atoms with E-state index in [1.165, 1.54) is 21.9 Å². The van der Waals surface area contributed by atoms with Crippen molar-refractivity contribution >= 4 is 33.2 Å². The van der Waals surface area contributed by atoms with Crippen molar-refractivity contribution in [3.63, 3.8) is 0 Å². The lowest BCUT2D eigenvalue weighted by Crippen LogP contribution is -2.43. The van der Waals surface area contributed by atoms with Gasteiger partial charge in [0.05, 0.1) is 12.2 Å². The summed E-state index contributed by atoms with van der Waals surface area (Å²) in [4.78, 5) is 17.7. The second kappa shape index (κ2) is 7.49. The summed E-state index contributed by atoms with van der Waals surface area (Å²) in [7, 11) is -3.58. The van der Waals surface area contributed by atoms with Crippen LogP contribution in [0.2, 0.25) is 0 Å². The molecule has 148 valence electrons. The van der Waals surface area contributed by atoms with Crippen LogP contribution in [0.1, 0.15) is 17.7 Å². The van der Waals surface area contributed by atoms with Gasteiger partial charge in [-0.1, -0.05) is 0 Å². The normalized spacial score (nSPS) is 18.2. The molecule has 1 saturated heterocycles. The Morgan fingerprint density at radius 2 is 2.25 bits per heavy atom. The first kappa shape index (κ1) is 18.8. The van der Waals surface area contributed by atoms with Gasteiger partial charge in [0.15, 0.2) is 11.6 Å². The molecule has 0 aromatic carbocycles. The SMILES string of the molecule is Cc1ccc(S(=O)(=O)N2CCCC(C(=O)Nc3n[nH]c(-c4ccco4)n3)C2)s1. The summed E-state index contributed by atoms with van der Waals surface area (Å²) in [5, 5.41) is 9.32. The van der Waals surface area contributed by atoms with Crippen molar-refractivity contribution in [2.45, 2.75) is 24.0 Å².